The summed E-state index contributed by atoms with van der Waals surface area (Å²) in [5, 5.41) is 7.63. The number of hydrogen-bond acceptors (Lipinski definition) is 4. The zero-order valence-electron chi connectivity index (χ0n) is 16.6. The fraction of sp³-hybridized carbons (Fsp3) is 0.632. The van der Waals surface area contributed by atoms with Crippen LogP contribution in [0.3, 0.4) is 0 Å². The van der Waals surface area contributed by atoms with Gasteiger partial charge in [0.1, 0.15) is 0 Å². The summed E-state index contributed by atoms with van der Waals surface area (Å²) in [5.41, 5.74) is 0. The second kappa shape index (κ2) is 13.9. The average molecular weight is 526 g/mol. The van der Waals surface area contributed by atoms with Crippen LogP contribution in [0.2, 0.25) is 5.02 Å². The molecular weight excluding hydrogens is 493 g/mol. The van der Waals surface area contributed by atoms with Gasteiger partial charge in [-0.2, -0.15) is 0 Å². The number of thioether (sulfide) groups is 1. The van der Waals surface area contributed by atoms with Crippen LogP contribution < -0.4 is 10.6 Å². The molecule has 1 unspecified atom stereocenters. The summed E-state index contributed by atoms with van der Waals surface area (Å²) in [6.45, 7) is 12.1. The summed E-state index contributed by atoms with van der Waals surface area (Å²) >= 11 is 7.73. The van der Waals surface area contributed by atoms with E-state index in [1.807, 2.05) is 30.9 Å². The molecular formula is C19H33ClIN5S. The Morgan fingerprint density at radius 1 is 1.19 bits per heavy atom. The topological polar surface area (TPSA) is 42.9 Å². The van der Waals surface area contributed by atoms with Crippen LogP contribution in [0.1, 0.15) is 13.8 Å². The minimum atomic E-state index is 0. The van der Waals surface area contributed by atoms with Gasteiger partial charge in [-0.1, -0.05) is 18.5 Å². The van der Waals surface area contributed by atoms with E-state index in [1.165, 1.54) is 18.0 Å². The number of rotatable bonds is 8. The van der Waals surface area contributed by atoms with Crippen LogP contribution in [0.5, 0.6) is 0 Å². The SMILES string of the molecule is CCN1CCN(C(C)CNC(=NC)NCCSc2ccc(Cl)cc2)CC1.I. The lowest BCUT2D eigenvalue weighted by Gasteiger charge is -2.37. The van der Waals surface area contributed by atoms with Crippen molar-refractivity contribution in [3.63, 3.8) is 0 Å². The second-order valence-corrected chi connectivity index (χ2v) is 8.11. The van der Waals surface area contributed by atoms with E-state index in [4.69, 9.17) is 11.6 Å². The fourth-order valence-electron chi connectivity index (χ4n) is 2.98. The first kappa shape index (κ1) is 24.8. The first-order valence-corrected chi connectivity index (χ1v) is 10.8. The summed E-state index contributed by atoms with van der Waals surface area (Å²) in [5.74, 6) is 1.86. The highest BCUT2D eigenvalue weighted by atomic mass is 127. The standard InChI is InChI=1S/C19H32ClN5S.HI/c1-4-24-10-12-25(13-11-24)16(2)15-23-19(21-3)22-9-14-26-18-7-5-17(20)6-8-18;/h5-8,16H,4,9-15H2,1-3H3,(H2,21,22,23);1H. The van der Waals surface area contributed by atoms with E-state index < -0.39 is 0 Å². The van der Waals surface area contributed by atoms with E-state index in [2.05, 4.69) is 51.4 Å². The van der Waals surface area contributed by atoms with Crippen molar-refractivity contribution in [3.05, 3.63) is 29.3 Å². The largest absolute Gasteiger partial charge is 0.356 e. The van der Waals surface area contributed by atoms with Crippen LogP contribution in [-0.2, 0) is 0 Å². The smallest absolute Gasteiger partial charge is 0.191 e. The molecule has 0 aromatic heterocycles. The maximum atomic E-state index is 5.91. The van der Waals surface area contributed by atoms with E-state index in [-0.39, 0.29) is 24.0 Å². The lowest BCUT2D eigenvalue weighted by molar-refractivity contribution is 0.107. The Bertz CT molecular complexity index is 550. The Labute approximate surface area is 190 Å². The minimum absolute atomic E-state index is 0. The normalized spacial score (nSPS) is 17.3. The third-order valence-electron chi connectivity index (χ3n) is 4.74. The first-order valence-electron chi connectivity index (χ1n) is 9.41. The van der Waals surface area contributed by atoms with Crippen LogP contribution in [0.4, 0.5) is 0 Å². The third kappa shape index (κ3) is 9.21. The number of halogens is 2. The molecule has 1 aromatic rings. The number of nitrogens with zero attached hydrogens (tertiary/aromatic N) is 3. The number of piperazine rings is 1. The monoisotopic (exact) mass is 525 g/mol. The van der Waals surface area contributed by atoms with Crippen molar-refractivity contribution in [1.29, 1.82) is 0 Å². The highest BCUT2D eigenvalue weighted by Gasteiger charge is 2.20. The molecule has 2 N–H and O–H groups in total. The number of likely N-dealkylation sites (N-methyl/N-ethyl adjacent to an activating group) is 1. The molecule has 2 rings (SSSR count). The van der Waals surface area contributed by atoms with Gasteiger partial charge in [0.15, 0.2) is 5.96 Å². The van der Waals surface area contributed by atoms with Crippen molar-refractivity contribution < 1.29 is 0 Å². The highest BCUT2D eigenvalue weighted by Crippen LogP contribution is 2.19. The Morgan fingerprint density at radius 2 is 1.85 bits per heavy atom. The van der Waals surface area contributed by atoms with Gasteiger partial charge in [-0.3, -0.25) is 9.89 Å². The molecule has 5 nitrogen and oxygen atoms in total. The van der Waals surface area contributed by atoms with Gasteiger partial charge in [0.2, 0.25) is 0 Å². The second-order valence-electron chi connectivity index (χ2n) is 6.50. The van der Waals surface area contributed by atoms with Gasteiger partial charge in [0, 0.05) is 68.0 Å². The van der Waals surface area contributed by atoms with Crippen LogP contribution in [0.25, 0.3) is 0 Å². The van der Waals surface area contributed by atoms with Gasteiger partial charge in [-0.25, -0.2) is 0 Å². The molecule has 0 saturated carbocycles. The fourth-order valence-corrected chi connectivity index (χ4v) is 3.88. The molecule has 0 amide bonds. The quantitative estimate of drug-likeness (QED) is 0.179. The van der Waals surface area contributed by atoms with Crippen LogP contribution in [0, 0.1) is 0 Å². The van der Waals surface area contributed by atoms with Crippen molar-refractivity contribution in [1.82, 2.24) is 20.4 Å². The summed E-state index contributed by atoms with van der Waals surface area (Å²) in [4.78, 5) is 10.6. The zero-order valence-corrected chi connectivity index (χ0v) is 20.5. The lowest BCUT2D eigenvalue weighted by atomic mass is 10.2. The summed E-state index contributed by atoms with van der Waals surface area (Å²) in [6, 6.07) is 8.48. The molecule has 1 aliphatic rings. The molecule has 0 spiro atoms. The zero-order chi connectivity index (χ0) is 18.8. The molecule has 0 bridgehead atoms. The first-order chi connectivity index (χ1) is 12.6. The van der Waals surface area contributed by atoms with Crippen molar-refractivity contribution in [2.75, 3.05) is 58.6 Å². The maximum absolute atomic E-state index is 5.91. The molecule has 8 heteroatoms. The molecule has 1 heterocycles. The molecule has 0 aliphatic carbocycles. The number of nitrogens with one attached hydrogen (secondary N) is 2. The molecule has 27 heavy (non-hydrogen) atoms. The van der Waals surface area contributed by atoms with Gasteiger partial charge in [-0.15, -0.1) is 35.7 Å². The summed E-state index contributed by atoms with van der Waals surface area (Å²) < 4.78 is 0. The van der Waals surface area contributed by atoms with Gasteiger partial charge < -0.3 is 15.5 Å². The van der Waals surface area contributed by atoms with E-state index in [0.29, 0.717) is 6.04 Å². The Hall–Kier alpha value is -0.220. The minimum Gasteiger partial charge on any atom is -0.356 e. The maximum Gasteiger partial charge on any atom is 0.191 e. The van der Waals surface area contributed by atoms with Gasteiger partial charge in [0.05, 0.1) is 0 Å². The molecule has 1 fully saturated rings. The van der Waals surface area contributed by atoms with E-state index in [1.54, 1.807) is 0 Å². The van der Waals surface area contributed by atoms with Gasteiger partial charge in [-0.05, 0) is 37.7 Å². The Morgan fingerprint density at radius 3 is 2.44 bits per heavy atom. The molecule has 1 aliphatic heterocycles. The predicted octanol–water partition coefficient (Wildman–Crippen LogP) is 3.24. The number of aliphatic imine (C=N–C) groups is 1. The van der Waals surface area contributed by atoms with Crippen molar-refractivity contribution >= 4 is 53.3 Å². The summed E-state index contributed by atoms with van der Waals surface area (Å²) in [6.07, 6.45) is 0. The number of hydrogen-bond donors (Lipinski definition) is 2. The average Bonchev–Trinajstić information content (AvgIpc) is 2.68. The molecule has 0 radical (unpaired) electrons. The van der Waals surface area contributed by atoms with E-state index >= 15 is 0 Å². The van der Waals surface area contributed by atoms with Crippen molar-refractivity contribution in [2.24, 2.45) is 4.99 Å². The molecule has 1 atom stereocenters. The van der Waals surface area contributed by atoms with E-state index in [9.17, 15) is 0 Å². The molecule has 154 valence electrons. The third-order valence-corrected chi connectivity index (χ3v) is 6.01. The van der Waals surface area contributed by atoms with Gasteiger partial charge >= 0.3 is 0 Å². The van der Waals surface area contributed by atoms with E-state index in [0.717, 1.165) is 49.5 Å². The van der Waals surface area contributed by atoms with Crippen molar-refractivity contribution in [3.8, 4) is 0 Å². The van der Waals surface area contributed by atoms with Crippen LogP contribution in [-0.4, -0.2) is 80.4 Å². The Balaban J connectivity index is 0.00000364. The van der Waals surface area contributed by atoms with Crippen LogP contribution in [0.15, 0.2) is 34.2 Å². The Kier molecular flexibility index (Phi) is 12.8. The lowest BCUT2D eigenvalue weighted by Crippen LogP contribution is -2.53. The number of guanidine groups is 1. The van der Waals surface area contributed by atoms with Crippen LogP contribution >= 0.6 is 47.3 Å². The molecule has 1 aromatic carbocycles. The molecule has 1 saturated heterocycles. The predicted molar refractivity (Wildman–Crippen MR) is 130 cm³/mol. The number of benzene rings is 1. The van der Waals surface area contributed by atoms with Crippen molar-refractivity contribution in [2.45, 2.75) is 24.8 Å². The van der Waals surface area contributed by atoms with Gasteiger partial charge in [0.25, 0.3) is 0 Å². The highest BCUT2D eigenvalue weighted by molar-refractivity contribution is 14.0. The summed E-state index contributed by atoms with van der Waals surface area (Å²) in [7, 11) is 1.83.